The number of amides is 1. The second kappa shape index (κ2) is 13.6. The molecule has 1 atom stereocenters. The SMILES string of the molecule is CC(=O)c1c(C)c2cnc(Nc3ccc(N4CCN(Cc5ccc6c(c5)CN(C5CCCNC5)C6=O)CC4)cn3)nc2n(C2CCCC2)c1=O. The summed E-state index contributed by atoms with van der Waals surface area (Å²) in [5, 5.41) is 7.39. The molecule has 0 bridgehead atoms. The van der Waals surface area contributed by atoms with Gasteiger partial charge in [0, 0.05) is 75.0 Å². The molecule has 8 rings (SSSR count). The number of ketones is 1. The molecule has 0 radical (unpaired) electrons. The number of nitrogens with one attached hydrogen (secondary N) is 2. The minimum absolute atomic E-state index is 0.0262. The van der Waals surface area contributed by atoms with E-state index in [1.54, 1.807) is 17.7 Å². The Morgan fingerprint density at radius 3 is 2.48 bits per heavy atom. The van der Waals surface area contributed by atoms with Gasteiger partial charge in [0.1, 0.15) is 11.5 Å². The first-order chi connectivity index (χ1) is 24.3. The number of hydrogen-bond donors (Lipinski definition) is 2. The van der Waals surface area contributed by atoms with Gasteiger partial charge in [0.25, 0.3) is 11.5 Å². The highest BCUT2D eigenvalue weighted by Crippen LogP contribution is 2.32. The second-order valence-corrected chi connectivity index (χ2v) is 14.3. The highest BCUT2D eigenvalue weighted by Gasteiger charge is 2.33. The summed E-state index contributed by atoms with van der Waals surface area (Å²) in [7, 11) is 0. The van der Waals surface area contributed by atoms with E-state index < -0.39 is 0 Å². The van der Waals surface area contributed by atoms with Crippen LogP contribution in [0.3, 0.4) is 0 Å². The number of rotatable bonds is 8. The van der Waals surface area contributed by atoms with Crippen molar-refractivity contribution >= 4 is 40.2 Å². The number of aromatic nitrogens is 4. The zero-order valence-corrected chi connectivity index (χ0v) is 29.0. The molecular weight excluding hydrogens is 630 g/mol. The second-order valence-electron chi connectivity index (χ2n) is 14.3. The molecule has 6 heterocycles. The summed E-state index contributed by atoms with van der Waals surface area (Å²) in [6.07, 6.45) is 9.68. The fourth-order valence-electron chi connectivity index (χ4n) is 8.38. The Morgan fingerprint density at radius 1 is 0.960 bits per heavy atom. The van der Waals surface area contributed by atoms with E-state index in [1.807, 2.05) is 18.3 Å². The van der Waals surface area contributed by atoms with Crippen LogP contribution in [0.1, 0.15) is 88.9 Å². The molecule has 12 heteroatoms. The van der Waals surface area contributed by atoms with Crippen molar-refractivity contribution in [3.8, 4) is 0 Å². The number of fused-ring (bicyclic) bond motifs is 2. The molecule has 1 aliphatic carbocycles. The van der Waals surface area contributed by atoms with E-state index in [0.717, 1.165) is 113 Å². The summed E-state index contributed by atoms with van der Waals surface area (Å²) in [6.45, 7) is 10.4. The molecular formula is C38H45N9O3. The monoisotopic (exact) mass is 675 g/mol. The lowest BCUT2D eigenvalue weighted by Gasteiger charge is -2.36. The van der Waals surface area contributed by atoms with Crippen LogP contribution in [-0.2, 0) is 13.1 Å². The van der Waals surface area contributed by atoms with Gasteiger partial charge >= 0.3 is 0 Å². The van der Waals surface area contributed by atoms with E-state index in [9.17, 15) is 14.4 Å². The molecule has 1 amide bonds. The van der Waals surface area contributed by atoms with Crippen molar-refractivity contribution in [1.82, 2.24) is 34.6 Å². The van der Waals surface area contributed by atoms with Gasteiger partial charge in [-0.2, -0.15) is 4.98 Å². The van der Waals surface area contributed by atoms with Gasteiger partial charge in [-0.1, -0.05) is 25.0 Å². The average Bonchev–Trinajstić information content (AvgIpc) is 3.77. The van der Waals surface area contributed by atoms with Crippen molar-refractivity contribution in [2.75, 3.05) is 49.5 Å². The predicted molar refractivity (Wildman–Crippen MR) is 193 cm³/mol. The molecule has 1 unspecified atom stereocenters. The number of carbonyl (C=O) groups is 2. The van der Waals surface area contributed by atoms with E-state index in [-0.39, 0.29) is 28.9 Å². The predicted octanol–water partition coefficient (Wildman–Crippen LogP) is 4.59. The van der Waals surface area contributed by atoms with Crippen LogP contribution in [0.15, 0.2) is 47.5 Å². The molecule has 2 saturated heterocycles. The Labute approximate surface area is 291 Å². The molecule has 2 N–H and O–H groups in total. The number of aryl methyl sites for hydroxylation is 1. The molecule has 4 aliphatic rings. The van der Waals surface area contributed by atoms with Crippen molar-refractivity contribution in [3.05, 3.63) is 80.9 Å². The summed E-state index contributed by atoms with van der Waals surface area (Å²) in [5.74, 6) is 0.929. The minimum Gasteiger partial charge on any atom is -0.368 e. The van der Waals surface area contributed by atoms with Crippen LogP contribution in [0.5, 0.6) is 0 Å². The Morgan fingerprint density at radius 2 is 1.76 bits per heavy atom. The van der Waals surface area contributed by atoms with Gasteiger partial charge < -0.3 is 20.4 Å². The Kier molecular flexibility index (Phi) is 8.82. The molecule has 4 aromatic rings. The van der Waals surface area contributed by atoms with E-state index >= 15 is 0 Å². The lowest BCUT2D eigenvalue weighted by Crippen LogP contribution is -2.46. The third-order valence-corrected chi connectivity index (χ3v) is 11.1. The molecule has 1 aromatic carbocycles. The van der Waals surface area contributed by atoms with Crippen LogP contribution >= 0.6 is 0 Å². The van der Waals surface area contributed by atoms with Crippen LogP contribution in [0, 0.1) is 6.92 Å². The van der Waals surface area contributed by atoms with Crippen molar-refractivity contribution < 1.29 is 9.59 Å². The lowest BCUT2D eigenvalue weighted by atomic mass is 10.0. The molecule has 3 aromatic heterocycles. The van der Waals surface area contributed by atoms with Gasteiger partial charge in [-0.05, 0) is 81.0 Å². The van der Waals surface area contributed by atoms with Crippen molar-refractivity contribution in [1.29, 1.82) is 0 Å². The number of nitrogens with zero attached hydrogens (tertiary/aromatic N) is 7. The Hall–Kier alpha value is -4.68. The zero-order chi connectivity index (χ0) is 34.4. The lowest BCUT2D eigenvalue weighted by molar-refractivity contribution is 0.0674. The first kappa shape index (κ1) is 32.5. The fraction of sp³-hybridized carbons (Fsp3) is 0.474. The number of benzene rings is 1. The normalized spacial score (nSPS) is 20.1. The Bertz CT molecular complexity index is 1990. The summed E-state index contributed by atoms with van der Waals surface area (Å²) in [6, 6.07) is 10.7. The van der Waals surface area contributed by atoms with Gasteiger partial charge in [-0.15, -0.1) is 0 Å². The standard InChI is InChI=1S/C38H45N9O3/c1-24-32-21-41-38(43-35(32)47(28-6-3-4-7-28)37(50)34(24)25(2)48)42-33-12-10-29(20-40-33)45-16-14-44(15-17-45)22-26-9-11-31-27(18-26)23-46(36(31)49)30-8-5-13-39-19-30/h9-12,18,20-21,28,30,39H,3-8,13-17,19,22-23H2,1-2H3,(H,40,41,42,43). The van der Waals surface area contributed by atoms with Gasteiger partial charge in [-0.3, -0.25) is 23.9 Å². The van der Waals surface area contributed by atoms with Crippen LogP contribution in [-0.4, -0.2) is 86.3 Å². The van der Waals surface area contributed by atoms with Gasteiger partial charge in [-0.25, -0.2) is 9.97 Å². The molecule has 260 valence electrons. The number of carbonyl (C=O) groups excluding carboxylic acids is 2. The maximum Gasteiger partial charge on any atom is 0.263 e. The van der Waals surface area contributed by atoms with E-state index in [0.29, 0.717) is 29.0 Å². The summed E-state index contributed by atoms with van der Waals surface area (Å²) in [4.78, 5) is 60.0. The highest BCUT2D eigenvalue weighted by molar-refractivity contribution is 6.00. The number of pyridine rings is 2. The fourth-order valence-corrected chi connectivity index (χ4v) is 8.38. The van der Waals surface area contributed by atoms with Crippen molar-refractivity contribution in [3.63, 3.8) is 0 Å². The molecule has 12 nitrogen and oxygen atoms in total. The topological polar surface area (TPSA) is 129 Å². The summed E-state index contributed by atoms with van der Waals surface area (Å²) >= 11 is 0. The number of piperidine rings is 1. The quantitative estimate of drug-likeness (QED) is 0.256. The molecule has 0 spiro atoms. The number of piperazine rings is 1. The smallest absolute Gasteiger partial charge is 0.263 e. The minimum atomic E-state index is -0.260. The number of anilines is 3. The van der Waals surface area contributed by atoms with E-state index in [1.165, 1.54) is 12.5 Å². The Balaban J connectivity index is 0.904. The average molecular weight is 676 g/mol. The van der Waals surface area contributed by atoms with Crippen LogP contribution < -0.4 is 21.1 Å². The third-order valence-electron chi connectivity index (χ3n) is 11.1. The van der Waals surface area contributed by atoms with Gasteiger partial charge in [0.15, 0.2) is 5.78 Å². The van der Waals surface area contributed by atoms with Gasteiger partial charge in [0.2, 0.25) is 5.95 Å². The maximum absolute atomic E-state index is 13.5. The van der Waals surface area contributed by atoms with Crippen LogP contribution in [0.25, 0.3) is 11.0 Å². The van der Waals surface area contributed by atoms with Crippen LogP contribution in [0.2, 0.25) is 0 Å². The highest BCUT2D eigenvalue weighted by atomic mass is 16.2. The molecule has 50 heavy (non-hydrogen) atoms. The molecule has 3 aliphatic heterocycles. The summed E-state index contributed by atoms with van der Waals surface area (Å²) < 4.78 is 1.73. The number of Topliss-reactive ketones (excluding diaryl/α,β-unsaturated/α-hetero) is 1. The summed E-state index contributed by atoms with van der Waals surface area (Å²) in [5.41, 5.74) is 5.50. The number of hydrogen-bond acceptors (Lipinski definition) is 10. The first-order valence-electron chi connectivity index (χ1n) is 18.1. The van der Waals surface area contributed by atoms with Crippen molar-refractivity contribution in [2.45, 2.75) is 77.5 Å². The van der Waals surface area contributed by atoms with E-state index in [4.69, 9.17) is 4.98 Å². The third kappa shape index (κ3) is 6.15. The first-order valence-corrected chi connectivity index (χ1v) is 18.1. The van der Waals surface area contributed by atoms with Crippen molar-refractivity contribution in [2.24, 2.45) is 0 Å². The molecule has 3 fully saturated rings. The zero-order valence-electron chi connectivity index (χ0n) is 29.0. The molecule has 1 saturated carbocycles. The van der Waals surface area contributed by atoms with E-state index in [2.05, 4.69) is 53.5 Å². The maximum atomic E-state index is 13.5. The van der Waals surface area contributed by atoms with Gasteiger partial charge in [0.05, 0.1) is 17.4 Å². The largest absolute Gasteiger partial charge is 0.368 e. The van der Waals surface area contributed by atoms with Crippen LogP contribution in [0.4, 0.5) is 17.5 Å².